The standard InChI is InChI=1S/C15H31N2.CH3.W/c1-16-12-11-15-9-7-14(8-10-15)6-4-5-13-17(2)3;;/h14-15H,4-13H2,1-3H3;1H3;/q2*-1;+2. The zero-order chi connectivity index (χ0) is 12.5. The number of hydrogen-bond donors (Lipinski definition) is 0. The Morgan fingerprint density at radius 2 is 1.47 bits per heavy atom. The fraction of sp³-hybridized carbons (Fsp3) is 0.938. The molecule has 0 bridgehead atoms. The molecule has 1 rings (SSSR count). The van der Waals surface area contributed by atoms with Crippen LogP contribution in [0.5, 0.6) is 0 Å². The fourth-order valence-electron chi connectivity index (χ4n) is 2.98. The SMILES string of the molecule is C[N-]CCC1CCC(CCCCN(C)C)CC1.[CH3-].[W+2]. The zero-order valence-electron chi connectivity index (χ0n) is 13.5. The van der Waals surface area contributed by atoms with Gasteiger partial charge in [-0.2, -0.15) is 7.05 Å². The summed E-state index contributed by atoms with van der Waals surface area (Å²) >= 11 is 0. The van der Waals surface area contributed by atoms with Crippen LogP contribution in [0.3, 0.4) is 0 Å². The first kappa shape index (κ1) is 21.9. The summed E-state index contributed by atoms with van der Waals surface area (Å²) in [5, 5.41) is 4.22. The second-order valence-electron chi connectivity index (χ2n) is 6.01. The van der Waals surface area contributed by atoms with Gasteiger partial charge in [0.1, 0.15) is 0 Å². The van der Waals surface area contributed by atoms with Crippen molar-refractivity contribution in [3.63, 3.8) is 0 Å². The minimum Gasteiger partial charge on any atom is -0.665 e. The fourth-order valence-corrected chi connectivity index (χ4v) is 2.98. The summed E-state index contributed by atoms with van der Waals surface area (Å²) in [6.07, 6.45) is 11.5. The van der Waals surface area contributed by atoms with Crippen LogP contribution in [0.25, 0.3) is 5.32 Å². The normalized spacial score (nSPS) is 22.7. The van der Waals surface area contributed by atoms with E-state index in [2.05, 4.69) is 24.3 Å². The molecule has 0 atom stereocenters. The van der Waals surface area contributed by atoms with Crippen LogP contribution in [-0.2, 0) is 21.1 Å². The maximum Gasteiger partial charge on any atom is 2.00 e. The third-order valence-electron chi connectivity index (χ3n) is 4.19. The minimum atomic E-state index is 0. The van der Waals surface area contributed by atoms with Gasteiger partial charge in [-0.25, -0.2) is 0 Å². The summed E-state index contributed by atoms with van der Waals surface area (Å²) < 4.78 is 0. The topological polar surface area (TPSA) is 17.3 Å². The molecule has 114 valence electrons. The first-order chi connectivity index (χ1) is 8.22. The molecule has 0 aromatic heterocycles. The molecule has 0 unspecified atom stereocenters. The predicted octanol–water partition coefficient (Wildman–Crippen LogP) is 4.37. The van der Waals surface area contributed by atoms with Crippen LogP contribution in [0.2, 0.25) is 0 Å². The maximum absolute atomic E-state index is 4.22. The molecule has 0 amide bonds. The Morgan fingerprint density at radius 3 is 1.95 bits per heavy atom. The molecule has 0 heterocycles. The van der Waals surface area contributed by atoms with Gasteiger partial charge in [-0.05, 0) is 38.9 Å². The molecular formula is C16H34N2W. The van der Waals surface area contributed by atoms with E-state index in [1.165, 1.54) is 57.9 Å². The van der Waals surface area contributed by atoms with Crippen molar-refractivity contribution in [2.75, 3.05) is 34.2 Å². The molecule has 1 saturated carbocycles. The van der Waals surface area contributed by atoms with Gasteiger partial charge in [-0.15, -0.1) is 6.54 Å². The van der Waals surface area contributed by atoms with Crippen molar-refractivity contribution in [3.05, 3.63) is 12.7 Å². The molecule has 0 aliphatic heterocycles. The summed E-state index contributed by atoms with van der Waals surface area (Å²) in [4.78, 5) is 2.30. The maximum atomic E-state index is 4.22. The number of nitrogens with zero attached hydrogens (tertiary/aromatic N) is 2. The van der Waals surface area contributed by atoms with E-state index in [1.807, 2.05) is 7.05 Å². The van der Waals surface area contributed by atoms with Gasteiger partial charge in [0.2, 0.25) is 0 Å². The average Bonchev–Trinajstić information content (AvgIpc) is 2.33. The van der Waals surface area contributed by atoms with Crippen molar-refractivity contribution in [2.45, 2.75) is 51.4 Å². The van der Waals surface area contributed by atoms with Crippen LogP contribution < -0.4 is 0 Å². The summed E-state index contributed by atoms with van der Waals surface area (Å²) in [5.74, 6) is 2.02. The Balaban J connectivity index is 0. The van der Waals surface area contributed by atoms with Gasteiger partial charge >= 0.3 is 21.1 Å². The molecule has 0 N–H and O–H groups in total. The van der Waals surface area contributed by atoms with Crippen molar-refractivity contribution in [1.29, 1.82) is 0 Å². The van der Waals surface area contributed by atoms with Gasteiger partial charge in [-0.3, -0.25) is 0 Å². The molecule has 0 spiro atoms. The Morgan fingerprint density at radius 1 is 0.947 bits per heavy atom. The smallest absolute Gasteiger partial charge is 0.665 e. The van der Waals surface area contributed by atoms with E-state index in [0.717, 1.165) is 18.4 Å². The van der Waals surface area contributed by atoms with E-state index in [0.29, 0.717) is 0 Å². The van der Waals surface area contributed by atoms with Crippen molar-refractivity contribution >= 4 is 0 Å². The van der Waals surface area contributed by atoms with E-state index in [9.17, 15) is 0 Å². The van der Waals surface area contributed by atoms with Gasteiger partial charge in [0.05, 0.1) is 0 Å². The number of unbranched alkanes of at least 4 members (excludes halogenated alkanes) is 1. The third-order valence-corrected chi connectivity index (χ3v) is 4.19. The van der Waals surface area contributed by atoms with Crippen molar-refractivity contribution in [1.82, 2.24) is 4.90 Å². The molecule has 0 saturated heterocycles. The molecular weight excluding hydrogens is 404 g/mol. The van der Waals surface area contributed by atoms with E-state index in [1.54, 1.807) is 0 Å². The Labute approximate surface area is 136 Å². The molecule has 2 nitrogen and oxygen atoms in total. The van der Waals surface area contributed by atoms with Crippen molar-refractivity contribution < 1.29 is 21.1 Å². The van der Waals surface area contributed by atoms with Crippen LogP contribution in [-0.4, -0.2) is 39.1 Å². The van der Waals surface area contributed by atoms with E-state index in [4.69, 9.17) is 0 Å². The Bertz CT molecular complexity index is 178. The minimum absolute atomic E-state index is 0. The second kappa shape index (κ2) is 13.6. The van der Waals surface area contributed by atoms with Gasteiger partial charge in [-0.1, -0.05) is 44.9 Å². The molecule has 19 heavy (non-hydrogen) atoms. The number of rotatable bonds is 8. The largest absolute Gasteiger partial charge is 2.00 e. The monoisotopic (exact) mass is 438 g/mol. The predicted molar refractivity (Wildman–Crippen MR) is 83.0 cm³/mol. The number of hydrogen-bond acceptors (Lipinski definition) is 1. The summed E-state index contributed by atoms with van der Waals surface area (Å²) in [5.41, 5.74) is 0. The average molecular weight is 438 g/mol. The zero-order valence-corrected chi connectivity index (χ0v) is 16.5. The second-order valence-corrected chi connectivity index (χ2v) is 6.01. The van der Waals surface area contributed by atoms with Crippen LogP contribution in [0.4, 0.5) is 0 Å². The van der Waals surface area contributed by atoms with Crippen LogP contribution >= 0.6 is 0 Å². The van der Waals surface area contributed by atoms with Crippen LogP contribution in [0.15, 0.2) is 0 Å². The Kier molecular flexibility index (Phi) is 15.7. The Hall–Kier alpha value is 0.608. The van der Waals surface area contributed by atoms with E-state index in [-0.39, 0.29) is 28.5 Å². The first-order valence-electron chi connectivity index (χ1n) is 7.42. The van der Waals surface area contributed by atoms with E-state index >= 15 is 0 Å². The van der Waals surface area contributed by atoms with Crippen molar-refractivity contribution in [2.24, 2.45) is 11.8 Å². The quantitative estimate of drug-likeness (QED) is 0.407. The molecule has 1 aliphatic rings. The summed E-state index contributed by atoms with van der Waals surface area (Å²) in [6, 6.07) is 0. The summed E-state index contributed by atoms with van der Waals surface area (Å²) in [7, 11) is 6.28. The van der Waals surface area contributed by atoms with E-state index < -0.39 is 0 Å². The molecule has 0 aromatic carbocycles. The molecule has 0 radical (unpaired) electrons. The van der Waals surface area contributed by atoms with Crippen LogP contribution in [0.1, 0.15) is 51.4 Å². The molecule has 3 heteroatoms. The molecule has 0 aromatic rings. The van der Waals surface area contributed by atoms with Gasteiger partial charge in [0.25, 0.3) is 0 Å². The molecule has 1 aliphatic carbocycles. The van der Waals surface area contributed by atoms with Gasteiger partial charge < -0.3 is 17.6 Å². The van der Waals surface area contributed by atoms with Gasteiger partial charge in [0.15, 0.2) is 0 Å². The first-order valence-corrected chi connectivity index (χ1v) is 7.42. The molecule has 1 fully saturated rings. The van der Waals surface area contributed by atoms with Gasteiger partial charge in [0, 0.05) is 0 Å². The van der Waals surface area contributed by atoms with Crippen LogP contribution in [0, 0.1) is 19.3 Å². The van der Waals surface area contributed by atoms with Crippen molar-refractivity contribution in [3.8, 4) is 0 Å². The summed E-state index contributed by atoms with van der Waals surface area (Å²) in [6.45, 7) is 2.34. The third kappa shape index (κ3) is 11.0.